The molecule has 0 aromatic rings. The smallest absolute Gasteiger partial charge is 0.317 e. The summed E-state index contributed by atoms with van der Waals surface area (Å²) in [5, 5.41) is 3.21. The quantitative estimate of drug-likeness (QED) is 0.813. The number of amides is 2. The van der Waals surface area contributed by atoms with Crippen LogP contribution in [0.4, 0.5) is 4.79 Å². The molecule has 18 heavy (non-hydrogen) atoms. The highest BCUT2D eigenvalue weighted by Crippen LogP contribution is 2.19. The predicted octanol–water partition coefficient (Wildman–Crippen LogP) is 3.79. The van der Waals surface area contributed by atoms with Crippen molar-refractivity contribution < 1.29 is 4.79 Å². The third kappa shape index (κ3) is 5.74. The lowest BCUT2D eigenvalue weighted by Gasteiger charge is -2.32. The van der Waals surface area contributed by atoms with Gasteiger partial charge in [0.1, 0.15) is 0 Å². The number of rotatable bonds is 4. The van der Waals surface area contributed by atoms with Gasteiger partial charge in [0.15, 0.2) is 0 Å². The molecule has 3 nitrogen and oxygen atoms in total. The van der Waals surface area contributed by atoms with Gasteiger partial charge in [0, 0.05) is 19.1 Å². The van der Waals surface area contributed by atoms with E-state index in [0.29, 0.717) is 6.04 Å². The Labute approximate surface area is 112 Å². The largest absolute Gasteiger partial charge is 0.335 e. The Kier molecular flexibility index (Phi) is 5.97. The molecule has 0 spiro atoms. The van der Waals surface area contributed by atoms with Crippen LogP contribution in [0, 0.1) is 5.41 Å². The normalized spacial score (nSPS) is 17.6. The SMILES string of the molecule is CCCN(CC(C)(C)C)C(=O)NC1CCCCC1. The van der Waals surface area contributed by atoms with E-state index < -0.39 is 0 Å². The summed E-state index contributed by atoms with van der Waals surface area (Å²) in [6.45, 7) is 10.4. The standard InChI is InChI=1S/C15H30N2O/c1-5-11-17(12-15(2,3)4)14(18)16-13-9-7-6-8-10-13/h13H,5-12H2,1-4H3,(H,16,18). The summed E-state index contributed by atoms with van der Waals surface area (Å²) in [5.41, 5.74) is 0.166. The van der Waals surface area contributed by atoms with Crippen molar-refractivity contribution in [2.24, 2.45) is 5.41 Å². The minimum Gasteiger partial charge on any atom is -0.335 e. The molecule has 1 aliphatic rings. The van der Waals surface area contributed by atoms with Crippen LogP contribution in [0.5, 0.6) is 0 Å². The molecule has 0 unspecified atom stereocenters. The Balaban J connectivity index is 2.47. The average Bonchev–Trinajstić information content (AvgIpc) is 2.28. The van der Waals surface area contributed by atoms with E-state index in [1.165, 1.54) is 19.3 Å². The highest BCUT2D eigenvalue weighted by Gasteiger charge is 2.23. The van der Waals surface area contributed by atoms with E-state index in [2.05, 4.69) is 33.0 Å². The minimum atomic E-state index is 0.138. The molecule has 1 fully saturated rings. The van der Waals surface area contributed by atoms with Crippen LogP contribution in [0.2, 0.25) is 0 Å². The molecular formula is C15H30N2O. The van der Waals surface area contributed by atoms with Crippen molar-refractivity contribution >= 4 is 6.03 Å². The first-order valence-corrected chi connectivity index (χ1v) is 7.48. The summed E-state index contributed by atoms with van der Waals surface area (Å²) in [6.07, 6.45) is 7.18. The lowest BCUT2D eigenvalue weighted by Crippen LogP contribution is -2.48. The fourth-order valence-corrected chi connectivity index (χ4v) is 2.61. The second-order valence-electron chi connectivity index (χ2n) is 6.77. The van der Waals surface area contributed by atoms with Crippen LogP contribution in [-0.2, 0) is 0 Å². The highest BCUT2D eigenvalue weighted by atomic mass is 16.2. The molecule has 0 bridgehead atoms. The van der Waals surface area contributed by atoms with E-state index in [0.717, 1.165) is 32.4 Å². The molecule has 0 atom stereocenters. The molecule has 0 aliphatic heterocycles. The summed E-state index contributed by atoms with van der Waals surface area (Å²) in [5.74, 6) is 0. The van der Waals surface area contributed by atoms with Gasteiger partial charge in [-0.05, 0) is 24.7 Å². The zero-order valence-electron chi connectivity index (χ0n) is 12.6. The van der Waals surface area contributed by atoms with E-state index in [4.69, 9.17) is 0 Å². The van der Waals surface area contributed by atoms with Crippen LogP contribution in [0.3, 0.4) is 0 Å². The number of hydrogen-bond acceptors (Lipinski definition) is 1. The van der Waals surface area contributed by atoms with Crippen molar-refractivity contribution in [3.63, 3.8) is 0 Å². The van der Waals surface area contributed by atoms with E-state index in [1.54, 1.807) is 0 Å². The zero-order chi connectivity index (χ0) is 13.6. The van der Waals surface area contributed by atoms with Crippen molar-refractivity contribution in [1.29, 1.82) is 0 Å². The third-order valence-corrected chi connectivity index (χ3v) is 3.38. The van der Waals surface area contributed by atoms with Crippen molar-refractivity contribution in [3.05, 3.63) is 0 Å². The maximum atomic E-state index is 12.3. The number of nitrogens with one attached hydrogen (secondary N) is 1. The van der Waals surface area contributed by atoms with Crippen LogP contribution in [0.25, 0.3) is 0 Å². The number of hydrogen-bond donors (Lipinski definition) is 1. The van der Waals surface area contributed by atoms with E-state index >= 15 is 0 Å². The van der Waals surface area contributed by atoms with Crippen LogP contribution < -0.4 is 5.32 Å². The maximum absolute atomic E-state index is 12.3. The van der Waals surface area contributed by atoms with Gasteiger partial charge in [0.25, 0.3) is 0 Å². The Morgan fingerprint density at radius 2 is 1.83 bits per heavy atom. The summed E-state index contributed by atoms with van der Waals surface area (Å²) in [6, 6.07) is 0.546. The van der Waals surface area contributed by atoms with Crippen molar-refractivity contribution in [2.45, 2.75) is 72.3 Å². The molecule has 0 heterocycles. The van der Waals surface area contributed by atoms with Crippen LogP contribution in [-0.4, -0.2) is 30.1 Å². The van der Waals surface area contributed by atoms with Crippen molar-refractivity contribution in [3.8, 4) is 0 Å². The van der Waals surface area contributed by atoms with E-state index in [-0.39, 0.29) is 11.4 Å². The summed E-state index contributed by atoms with van der Waals surface area (Å²) in [7, 11) is 0. The van der Waals surface area contributed by atoms with Gasteiger partial charge in [0.05, 0.1) is 0 Å². The fourth-order valence-electron chi connectivity index (χ4n) is 2.61. The molecule has 1 saturated carbocycles. The number of nitrogens with zero attached hydrogens (tertiary/aromatic N) is 1. The Morgan fingerprint density at radius 1 is 1.22 bits per heavy atom. The van der Waals surface area contributed by atoms with Gasteiger partial charge >= 0.3 is 6.03 Å². The van der Waals surface area contributed by atoms with Gasteiger partial charge in [0.2, 0.25) is 0 Å². The molecule has 0 aromatic heterocycles. The summed E-state index contributed by atoms with van der Waals surface area (Å²) in [4.78, 5) is 14.3. The zero-order valence-corrected chi connectivity index (χ0v) is 12.6. The molecule has 0 radical (unpaired) electrons. The Bertz CT molecular complexity index is 252. The molecule has 0 aromatic carbocycles. The monoisotopic (exact) mass is 254 g/mol. The highest BCUT2D eigenvalue weighted by molar-refractivity contribution is 5.74. The van der Waals surface area contributed by atoms with Gasteiger partial charge in [-0.15, -0.1) is 0 Å². The van der Waals surface area contributed by atoms with E-state index in [1.807, 2.05) is 4.90 Å². The molecule has 0 saturated heterocycles. The first kappa shape index (κ1) is 15.3. The van der Waals surface area contributed by atoms with Gasteiger partial charge in [-0.3, -0.25) is 0 Å². The van der Waals surface area contributed by atoms with Crippen LogP contribution >= 0.6 is 0 Å². The molecule has 1 rings (SSSR count). The predicted molar refractivity (Wildman–Crippen MR) is 76.7 cm³/mol. The van der Waals surface area contributed by atoms with Gasteiger partial charge in [-0.1, -0.05) is 47.0 Å². The van der Waals surface area contributed by atoms with Crippen molar-refractivity contribution in [2.75, 3.05) is 13.1 Å². The molecule has 1 N–H and O–H groups in total. The molecule has 1 aliphatic carbocycles. The van der Waals surface area contributed by atoms with Gasteiger partial charge < -0.3 is 10.2 Å². The first-order chi connectivity index (χ1) is 8.42. The molecule has 2 amide bonds. The van der Waals surface area contributed by atoms with E-state index in [9.17, 15) is 4.79 Å². The lowest BCUT2D eigenvalue weighted by molar-refractivity contribution is 0.167. The molecule has 106 valence electrons. The maximum Gasteiger partial charge on any atom is 0.317 e. The summed E-state index contributed by atoms with van der Waals surface area (Å²) >= 11 is 0. The second-order valence-corrected chi connectivity index (χ2v) is 6.77. The third-order valence-electron chi connectivity index (χ3n) is 3.38. The first-order valence-electron chi connectivity index (χ1n) is 7.48. The topological polar surface area (TPSA) is 32.3 Å². The van der Waals surface area contributed by atoms with Crippen LogP contribution in [0.15, 0.2) is 0 Å². The number of urea groups is 1. The number of carbonyl (C=O) groups is 1. The average molecular weight is 254 g/mol. The minimum absolute atomic E-state index is 0.138. The van der Waals surface area contributed by atoms with Gasteiger partial charge in [-0.25, -0.2) is 4.79 Å². The van der Waals surface area contributed by atoms with Crippen molar-refractivity contribution in [1.82, 2.24) is 10.2 Å². The van der Waals surface area contributed by atoms with Crippen LogP contribution in [0.1, 0.15) is 66.2 Å². The fraction of sp³-hybridized carbons (Fsp3) is 0.933. The summed E-state index contributed by atoms with van der Waals surface area (Å²) < 4.78 is 0. The Hall–Kier alpha value is -0.730. The van der Waals surface area contributed by atoms with Gasteiger partial charge in [-0.2, -0.15) is 0 Å². The molecular weight excluding hydrogens is 224 g/mol. The number of carbonyl (C=O) groups excluding carboxylic acids is 1. The second kappa shape index (κ2) is 7.01. The Morgan fingerprint density at radius 3 is 2.33 bits per heavy atom. The molecule has 3 heteroatoms. The lowest BCUT2D eigenvalue weighted by atomic mass is 9.95.